The monoisotopic (exact) mass is 281 g/mol. The Bertz CT molecular complexity index is 421. The van der Waals surface area contributed by atoms with Gasteiger partial charge >= 0.3 is 0 Å². The van der Waals surface area contributed by atoms with Crippen molar-refractivity contribution in [2.24, 2.45) is 11.8 Å². The van der Waals surface area contributed by atoms with E-state index in [1.54, 1.807) is 0 Å². The third-order valence-corrected chi connectivity index (χ3v) is 4.34. The van der Waals surface area contributed by atoms with Crippen molar-refractivity contribution < 1.29 is 4.74 Å². The van der Waals surface area contributed by atoms with Gasteiger partial charge in [-0.15, -0.1) is 0 Å². The van der Waals surface area contributed by atoms with Gasteiger partial charge in [0.1, 0.15) is 5.75 Å². The summed E-state index contributed by atoms with van der Waals surface area (Å²) in [4.78, 5) is 0. The molecule has 0 radical (unpaired) electrons. The van der Waals surface area contributed by atoms with Crippen molar-refractivity contribution in [2.45, 2.75) is 46.1 Å². The molecule has 1 aliphatic carbocycles. The smallest absolute Gasteiger partial charge is 0.138 e. The van der Waals surface area contributed by atoms with Gasteiger partial charge in [0.05, 0.1) is 11.6 Å². The van der Waals surface area contributed by atoms with Gasteiger partial charge in [-0.05, 0) is 49.8 Å². The van der Waals surface area contributed by atoms with E-state index < -0.39 is 0 Å². The average Bonchev–Trinajstić information content (AvgIpc) is 2.37. The zero-order chi connectivity index (χ0) is 13.8. The van der Waals surface area contributed by atoms with Crippen LogP contribution in [0.2, 0.25) is 5.02 Å². The number of benzene rings is 1. The Kier molecular flexibility index (Phi) is 4.98. The molecule has 0 aliphatic heterocycles. The highest BCUT2D eigenvalue weighted by atomic mass is 35.5. The van der Waals surface area contributed by atoms with Crippen LogP contribution in [0.15, 0.2) is 18.2 Å². The molecule has 0 heterocycles. The molecule has 2 nitrogen and oxygen atoms in total. The molecule has 1 N–H and O–H groups in total. The molecule has 1 aromatic carbocycles. The Morgan fingerprint density at radius 1 is 1.32 bits per heavy atom. The molecule has 0 saturated heterocycles. The maximum Gasteiger partial charge on any atom is 0.138 e. The van der Waals surface area contributed by atoms with E-state index in [2.05, 4.69) is 25.2 Å². The third-order valence-electron chi connectivity index (χ3n) is 4.04. The molecule has 3 atom stereocenters. The van der Waals surface area contributed by atoms with Crippen molar-refractivity contribution in [3.05, 3.63) is 23.2 Å². The van der Waals surface area contributed by atoms with Crippen molar-refractivity contribution in [1.82, 2.24) is 0 Å². The summed E-state index contributed by atoms with van der Waals surface area (Å²) in [5.74, 6) is 2.30. The quantitative estimate of drug-likeness (QED) is 0.841. The lowest BCUT2D eigenvalue weighted by Gasteiger charge is -2.34. The van der Waals surface area contributed by atoms with Gasteiger partial charge in [-0.25, -0.2) is 0 Å². The van der Waals surface area contributed by atoms with E-state index in [-0.39, 0.29) is 0 Å². The first kappa shape index (κ1) is 14.5. The average molecular weight is 282 g/mol. The highest BCUT2D eigenvalue weighted by Gasteiger charge is 2.25. The molecule has 1 saturated carbocycles. The number of rotatable bonds is 4. The lowest BCUT2D eigenvalue weighted by Crippen LogP contribution is -2.33. The Labute approximate surface area is 121 Å². The van der Waals surface area contributed by atoms with E-state index in [0.29, 0.717) is 17.7 Å². The summed E-state index contributed by atoms with van der Waals surface area (Å²) in [5.41, 5.74) is 1.10. The molecule has 0 aromatic heterocycles. The zero-order valence-corrected chi connectivity index (χ0v) is 12.8. The maximum absolute atomic E-state index is 6.23. The molecule has 1 aromatic rings. The van der Waals surface area contributed by atoms with E-state index >= 15 is 0 Å². The molecule has 106 valence electrons. The normalized spacial score (nSPS) is 27.1. The zero-order valence-electron chi connectivity index (χ0n) is 12.1. The van der Waals surface area contributed by atoms with Crippen LogP contribution in [-0.4, -0.2) is 12.6 Å². The number of hydrogen-bond acceptors (Lipinski definition) is 2. The Morgan fingerprint density at radius 2 is 2.11 bits per heavy atom. The number of halogens is 1. The maximum atomic E-state index is 6.23. The minimum absolute atomic E-state index is 0.553. The summed E-state index contributed by atoms with van der Waals surface area (Å²) in [7, 11) is 0. The first-order chi connectivity index (χ1) is 9.10. The van der Waals surface area contributed by atoms with E-state index in [1.807, 2.05) is 19.1 Å². The van der Waals surface area contributed by atoms with Crippen molar-refractivity contribution in [3.8, 4) is 5.75 Å². The lowest BCUT2D eigenvalue weighted by molar-refractivity contribution is 0.280. The molecule has 3 heteroatoms. The van der Waals surface area contributed by atoms with Gasteiger partial charge in [0.2, 0.25) is 0 Å². The lowest BCUT2D eigenvalue weighted by atomic mass is 9.80. The molecule has 19 heavy (non-hydrogen) atoms. The molecule has 0 bridgehead atoms. The molecule has 0 spiro atoms. The van der Waals surface area contributed by atoms with Gasteiger partial charge < -0.3 is 10.1 Å². The molecule has 2 rings (SSSR count). The van der Waals surface area contributed by atoms with E-state index in [1.165, 1.54) is 19.3 Å². The van der Waals surface area contributed by atoms with E-state index in [4.69, 9.17) is 16.3 Å². The van der Waals surface area contributed by atoms with Crippen molar-refractivity contribution in [3.63, 3.8) is 0 Å². The van der Waals surface area contributed by atoms with Gasteiger partial charge in [-0.2, -0.15) is 0 Å². The molecule has 0 amide bonds. The number of anilines is 1. The van der Waals surface area contributed by atoms with Crippen LogP contribution in [0.1, 0.15) is 40.0 Å². The minimum atomic E-state index is 0.553. The van der Waals surface area contributed by atoms with Gasteiger partial charge in [0, 0.05) is 11.7 Å². The fraction of sp³-hybridized carbons (Fsp3) is 0.625. The summed E-state index contributed by atoms with van der Waals surface area (Å²) < 4.78 is 5.46. The fourth-order valence-electron chi connectivity index (χ4n) is 2.81. The van der Waals surface area contributed by atoms with Crippen LogP contribution in [0.3, 0.4) is 0 Å². The Balaban J connectivity index is 2.04. The first-order valence-corrected chi connectivity index (χ1v) is 7.66. The second-order valence-corrected chi connectivity index (χ2v) is 6.13. The van der Waals surface area contributed by atoms with Crippen LogP contribution in [-0.2, 0) is 0 Å². The summed E-state index contributed by atoms with van der Waals surface area (Å²) in [6.07, 6.45) is 3.90. The Morgan fingerprint density at radius 3 is 2.79 bits per heavy atom. The third kappa shape index (κ3) is 3.79. The molecule has 3 unspecified atom stereocenters. The fourth-order valence-corrected chi connectivity index (χ4v) is 3.05. The van der Waals surface area contributed by atoms with E-state index in [9.17, 15) is 0 Å². The number of ether oxygens (including phenoxy) is 1. The highest BCUT2D eigenvalue weighted by molar-refractivity contribution is 6.32. The van der Waals surface area contributed by atoms with Crippen LogP contribution >= 0.6 is 11.6 Å². The second kappa shape index (κ2) is 6.51. The van der Waals surface area contributed by atoms with Gasteiger partial charge in [-0.1, -0.05) is 31.9 Å². The topological polar surface area (TPSA) is 21.3 Å². The van der Waals surface area contributed by atoms with Gasteiger partial charge in [0.15, 0.2) is 0 Å². The summed E-state index contributed by atoms with van der Waals surface area (Å²) in [5, 5.41) is 4.31. The van der Waals surface area contributed by atoms with Crippen LogP contribution < -0.4 is 10.1 Å². The van der Waals surface area contributed by atoms with Crippen molar-refractivity contribution in [2.75, 3.05) is 11.9 Å². The van der Waals surface area contributed by atoms with Crippen LogP contribution in [0.25, 0.3) is 0 Å². The van der Waals surface area contributed by atoms with Crippen molar-refractivity contribution >= 4 is 17.3 Å². The summed E-state index contributed by atoms with van der Waals surface area (Å²) >= 11 is 6.23. The molecular formula is C16H24ClNO. The van der Waals surface area contributed by atoms with E-state index in [0.717, 1.165) is 23.3 Å². The molecule has 1 fully saturated rings. The molecule has 1 aliphatic rings. The van der Waals surface area contributed by atoms with Gasteiger partial charge in [-0.3, -0.25) is 0 Å². The first-order valence-electron chi connectivity index (χ1n) is 7.29. The van der Waals surface area contributed by atoms with Gasteiger partial charge in [0.25, 0.3) is 0 Å². The van der Waals surface area contributed by atoms with Crippen molar-refractivity contribution in [1.29, 1.82) is 0 Å². The summed E-state index contributed by atoms with van der Waals surface area (Å²) in [6.45, 7) is 7.28. The largest absolute Gasteiger partial charge is 0.492 e. The summed E-state index contributed by atoms with van der Waals surface area (Å²) in [6, 6.07) is 6.53. The van der Waals surface area contributed by atoms with Crippen LogP contribution in [0, 0.1) is 11.8 Å². The van der Waals surface area contributed by atoms with Crippen LogP contribution in [0.5, 0.6) is 5.75 Å². The Hall–Kier alpha value is -0.890. The number of hydrogen-bond donors (Lipinski definition) is 1. The predicted octanol–water partition coefficient (Wildman–Crippen LogP) is 4.98. The standard InChI is InChI=1S/C16H24ClNO/c1-4-19-16-8-7-13(10-14(16)17)18-15-9-11(2)5-6-12(15)3/h7-8,10-12,15,18H,4-6,9H2,1-3H3. The predicted molar refractivity (Wildman–Crippen MR) is 82.2 cm³/mol. The SMILES string of the molecule is CCOc1ccc(NC2CC(C)CCC2C)cc1Cl. The number of nitrogens with one attached hydrogen (secondary N) is 1. The van der Waals surface area contributed by atoms with Crippen LogP contribution in [0.4, 0.5) is 5.69 Å². The highest BCUT2D eigenvalue weighted by Crippen LogP contribution is 2.33. The minimum Gasteiger partial charge on any atom is -0.492 e. The second-order valence-electron chi connectivity index (χ2n) is 5.72. The molecular weight excluding hydrogens is 258 g/mol.